The lowest BCUT2D eigenvalue weighted by Crippen LogP contribution is -2.30. The second kappa shape index (κ2) is 5.84. The summed E-state index contributed by atoms with van der Waals surface area (Å²) in [6.07, 6.45) is 2.32. The number of fused-ring (bicyclic) bond motifs is 1. The molecule has 6 nitrogen and oxygen atoms in total. The van der Waals surface area contributed by atoms with E-state index in [1.54, 1.807) is 17.2 Å². The fraction of sp³-hybridized carbons (Fsp3) is 0.267. The Kier molecular flexibility index (Phi) is 3.89. The number of carbonyl (C=O) groups is 1. The maximum Gasteiger partial charge on any atom is 0.271 e. The van der Waals surface area contributed by atoms with Crippen molar-refractivity contribution in [1.29, 1.82) is 0 Å². The number of hydrogen-bond donors (Lipinski definition) is 0. The second-order valence-electron chi connectivity index (χ2n) is 5.00. The van der Waals surface area contributed by atoms with E-state index in [1.165, 1.54) is 23.9 Å². The molecule has 114 valence electrons. The summed E-state index contributed by atoms with van der Waals surface area (Å²) in [4.78, 5) is 25.4. The molecule has 3 rings (SSSR count). The molecule has 0 radical (unpaired) electrons. The first-order valence-corrected chi connectivity index (χ1v) is 7.79. The average Bonchev–Trinajstić information content (AvgIpc) is 3.10. The van der Waals surface area contributed by atoms with Gasteiger partial charge in [-0.25, -0.2) is 0 Å². The fourth-order valence-electron chi connectivity index (χ4n) is 2.48. The first-order valence-electron chi connectivity index (χ1n) is 6.81. The summed E-state index contributed by atoms with van der Waals surface area (Å²) in [6, 6.07) is 6.52. The number of aryl methyl sites for hydroxylation is 1. The molecule has 0 N–H and O–H groups in total. The van der Waals surface area contributed by atoms with E-state index in [9.17, 15) is 14.9 Å². The molecule has 0 saturated heterocycles. The number of non-ortho nitro benzene ring substituents is 1. The van der Waals surface area contributed by atoms with Crippen molar-refractivity contribution in [3.05, 3.63) is 52.0 Å². The van der Waals surface area contributed by atoms with Crippen LogP contribution in [0.15, 0.2) is 39.8 Å². The van der Waals surface area contributed by atoms with Gasteiger partial charge in [-0.2, -0.15) is 0 Å². The second-order valence-corrected chi connectivity index (χ2v) is 6.01. The Labute approximate surface area is 131 Å². The molecular weight excluding hydrogens is 304 g/mol. The van der Waals surface area contributed by atoms with Gasteiger partial charge in [0.1, 0.15) is 5.76 Å². The van der Waals surface area contributed by atoms with Gasteiger partial charge in [0.2, 0.25) is 5.91 Å². The molecule has 0 spiro atoms. The Morgan fingerprint density at radius 1 is 1.45 bits per heavy atom. The molecule has 0 fully saturated rings. The number of amides is 1. The van der Waals surface area contributed by atoms with E-state index >= 15 is 0 Å². The molecule has 0 saturated carbocycles. The summed E-state index contributed by atoms with van der Waals surface area (Å²) in [5.74, 6) is 1.02. The quantitative estimate of drug-likeness (QED) is 0.491. The van der Waals surface area contributed by atoms with Crippen LogP contribution in [-0.2, 0) is 11.2 Å². The minimum atomic E-state index is -0.440. The molecule has 0 bridgehead atoms. The van der Waals surface area contributed by atoms with Crippen molar-refractivity contribution in [2.45, 2.75) is 18.2 Å². The fourth-order valence-corrected chi connectivity index (χ4v) is 3.32. The van der Waals surface area contributed by atoms with Gasteiger partial charge in [0, 0.05) is 23.6 Å². The van der Waals surface area contributed by atoms with Gasteiger partial charge in [0.05, 0.1) is 22.6 Å². The number of thioether (sulfide) groups is 1. The van der Waals surface area contributed by atoms with E-state index in [4.69, 9.17) is 4.42 Å². The molecule has 2 heterocycles. The van der Waals surface area contributed by atoms with Crippen LogP contribution in [0.1, 0.15) is 11.3 Å². The number of furan rings is 1. The van der Waals surface area contributed by atoms with E-state index in [0.29, 0.717) is 12.2 Å². The number of hydrogen-bond acceptors (Lipinski definition) is 5. The highest BCUT2D eigenvalue weighted by molar-refractivity contribution is 8.00. The maximum atomic E-state index is 12.4. The van der Waals surface area contributed by atoms with Crippen LogP contribution < -0.4 is 4.90 Å². The smallest absolute Gasteiger partial charge is 0.271 e. The topological polar surface area (TPSA) is 76.6 Å². The van der Waals surface area contributed by atoms with Crippen molar-refractivity contribution >= 4 is 29.0 Å². The summed E-state index contributed by atoms with van der Waals surface area (Å²) in [6.45, 7) is 2.42. The predicted molar refractivity (Wildman–Crippen MR) is 83.3 cm³/mol. The normalized spacial score (nSPS) is 13.2. The van der Waals surface area contributed by atoms with E-state index in [1.807, 2.05) is 13.0 Å². The van der Waals surface area contributed by atoms with Crippen molar-refractivity contribution < 1.29 is 14.1 Å². The molecule has 1 aromatic carbocycles. The number of benzene rings is 1. The minimum absolute atomic E-state index is 0.0109. The highest BCUT2D eigenvalue weighted by atomic mass is 32.2. The van der Waals surface area contributed by atoms with Crippen molar-refractivity contribution in [1.82, 2.24) is 0 Å². The Morgan fingerprint density at radius 2 is 2.27 bits per heavy atom. The molecule has 0 atom stereocenters. The van der Waals surface area contributed by atoms with Crippen LogP contribution in [0, 0.1) is 17.0 Å². The number of nitro groups is 1. The molecular formula is C15H14N2O4S. The van der Waals surface area contributed by atoms with Gasteiger partial charge >= 0.3 is 0 Å². The summed E-state index contributed by atoms with van der Waals surface area (Å²) >= 11 is 1.41. The van der Waals surface area contributed by atoms with Gasteiger partial charge < -0.3 is 9.32 Å². The van der Waals surface area contributed by atoms with Gasteiger partial charge in [-0.05, 0) is 25.0 Å². The van der Waals surface area contributed by atoms with Crippen molar-refractivity contribution in [3.63, 3.8) is 0 Å². The van der Waals surface area contributed by atoms with E-state index < -0.39 is 4.92 Å². The van der Waals surface area contributed by atoms with E-state index in [2.05, 4.69) is 0 Å². The molecule has 1 aliphatic heterocycles. The summed E-state index contributed by atoms with van der Waals surface area (Å²) in [7, 11) is 0. The lowest BCUT2D eigenvalue weighted by molar-refractivity contribution is -0.384. The highest BCUT2D eigenvalue weighted by Crippen LogP contribution is 2.33. The van der Waals surface area contributed by atoms with Crippen LogP contribution in [0.3, 0.4) is 0 Å². The zero-order valence-corrected chi connectivity index (χ0v) is 12.8. The van der Waals surface area contributed by atoms with Crippen LogP contribution in [0.2, 0.25) is 0 Å². The predicted octanol–water partition coefficient (Wildman–Crippen LogP) is 3.18. The van der Waals surface area contributed by atoms with Crippen LogP contribution in [0.4, 0.5) is 11.4 Å². The average molecular weight is 318 g/mol. The Morgan fingerprint density at radius 3 is 2.95 bits per heavy atom. The Balaban J connectivity index is 1.74. The first-order chi connectivity index (χ1) is 10.6. The van der Waals surface area contributed by atoms with Gasteiger partial charge in [0.25, 0.3) is 5.69 Å². The minimum Gasteiger partial charge on any atom is -0.468 e. The third-order valence-corrected chi connectivity index (χ3v) is 4.76. The van der Waals surface area contributed by atoms with E-state index in [0.717, 1.165) is 22.6 Å². The maximum absolute atomic E-state index is 12.4. The van der Waals surface area contributed by atoms with E-state index in [-0.39, 0.29) is 17.3 Å². The number of rotatable bonds is 4. The van der Waals surface area contributed by atoms with Crippen molar-refractivity contribution in [2.24, 2.45) is 0 Å². The van der Waals surface area contributed by atoms with Gasteiger partial charge in [-0.1, -0.05) is 6.07 Å². The third kappa shape index (κ3) is 2.71. The molecule has 1 amide bonds. The molecule has 1 aromatic heterocycles. The van der Waals surface area contributed by atoms with Crippen molar-refractivity contribution in [2.75, 3.05) is 17.2 Å². The van der Waals surface area contributed by atoms with Crippen LogP contribution in [0.25, 0.3) is 0 Å². The third-order valence-electron chi connectivity index (χ3n) is 3.64. The summed E-state index contributed by atoms with van der Waals surface area (Å²) in [5.41, 5.74) is 1.64. The molecule has 0 unspecified atom stereocenters. The summed E-state index contributed by atoms with van der Waals surface area (Å²) < 4.78 is 5.20. The number of anilines is 1. The zero-order valence-electron chi connectivity index (χ0n) is 11.9. The SMILES string of the molecule is Cc1occc1SCC(=O)N1CCc2ccc([N+](=O)[O-])cc21. The highest BCUT2D eigenvalue weighted by Gasteiger charge is 2.26. The lowest BCUT2D eigenvalue weighted by atomic mass is 10.1. The number of nitrogens with zero attached hydrogens (tertiary/aromatic N) is 2. The monoisotopic (exact) mass is 318 g/mol. The zero-order chi connectivity index (χ0) is 15.7. The van der Waals surface area contributed by atoms with Crippen LogP contribution in [0.5, 0.6) is 0 Å². The van der Waals surface area contributed by atoms with Gasteiger partial charge in [-0.3, -0.25) is 14.9 Å². The lowest BCUT2D eigenvalue weighted by Gasteiger charge is -2.16. The van der Waals surface area contributed by atoms with Gasteiger partial charge in [-0.15, -0.1) is 11.8 Å². The van der Waals surface area contributed by atoms with Crippen LogP contribution in [-0.4, -0.2) is 23.1 Å². The number of carbonyl (C=O) groups excluding carboxylic acids is 1. The summed E-state index contributed by atoms with van der Waals surface area (Å²) in [5, 5.41) is 10.9. The molecule has 2 aromatic rings. The molecule has 7 heteroatoms. The largest absolute Gasteiger partial charge is 0.468 e. The molecule has 0 aliphatic carbocycles. The van der Waals surface area contributed by atoms with Gasteiger partial charge in [0.15, 0.2) is 0 Å². The standard InChI is InChI=1S/C15H14N2O4S/c1-10-14(5-7-21-10)22-9-15(18)16-6-4-11-2-3-12(17(19)20)8-13(11)16/h2-3,5,7-8H,4,6,9H2,1H3. The Hall–Kier alpha value is -2.28. The first kappa shape index (κ1) is 14.6. The molecule has 22 heavy (non-hydrogen) atoms. The van der Waals surface area contributed by atoms with Crippen molar-refractivity contribution in [3.8, 4) is 0 Å². The number of nitro benzene ring substituents is 1. The van der Waals surface area contributed by atoms with Crippen LogP contribution >= 0.6 is 11.8 Å². The Bertz CT molecular complexity index is 741. The molecule has 1 aliphatic rings.